The van der Waals surface area contributed by atoms with Crippen LogP contribution in [0.5, 0.6) is 0 Å². The number of hydrogen-bond donors (Lipinski definition) is 1. The molecular formula is C16H15FN2O. The molecule has 0 amide bonds. The summed E-state index contributed by atoms with van der Waals surface area (Å²) in [7, 11) is 1.83. The Balaban J connectivity index is 2.42. The molecule has 1 atom stereocenters. The van der Waals surface area contributed by atoms with Crippen LogP contribution in [0.2, 0.25) is 0 Å². The van der Waals surface area contributed by atoms with Crippen LogP contribution in [0.4, 0.5) is 15.8 Å². The van der Waals surface area contributed by atoms with Gasteiger partial charge in [-0.2, -0.15) is 5.26 Å². The summed E-state index contributed by atoms with van der Waals surface area (Å²) in [4.78, 5) is 1.85. The predicted octanol–water partition coefficient (Wildman–Crippen LogP) is 3.52. The van der Waals surface area contributed by atoms with E-state index in [1.807, 2.05) is 24.1 Å². The zero-order chi connectivity index (χ0) is 14.7. The van der Waals surface area contributed by atoms with Crippen molar-refractivity contribution >= 4 is 11.4 Å². The van der Waals surface area contributed by atoms with Crippen molar-refractivity contribution < 1.29 is 9.50 Å². The highest BCUT2D eigenvalue weighted by molar-refractivity contribution is 5.66. The third kappa shape index (κ3) is 2.79. The van der Waals surface area contributed by atoms with E-state index >= 15 is 0 Å². The molecule has 0 bridgehead atoms. The molecule has 102 valence electrons. The van der Waals surface area contributed by atoms with Crippen molar-refractivity contribution in [3.8, 4) is 6.07 Å². The predicted molar refractivity (Wildman–Crippen MR) is 76.3 cm³/mol. The molecule has 0 spiro atoms. The van der Waals surface area contributed by atoms with Gasteiger partial charge in [0.1, 0.15) is 5.82 Å². The smallest absolute Gasteiger partial charge is 0.123 e. The van der Waals surface area contributed by atoms with Gasteiger partial charge in [0.05, 0.1) is 17.7 Å². The summed E-state index contributed by atoms with van der Waals surface area (Å²) in [6, 6.07) is 13.5. The van der Waals surface area contributed by atoms with E-state index in [0.29, 0.717) is 11.1 Å². The second kappa shape index (κ2) is 5.72. The molecule has 0 heterocycles. The summed E-state index contributed by atoms with van der Waals surface area (Å²) in [6.07, 6.45) is -0.762. The molecule has 0 aliphatic heterocycles. The van der Waals surface area contributed by atoms with E-state index in [-0.39, 0.29) is 5.82 Å². The minimum atomic E-state index is -0.762. The van der Waals surface area contributed by atoms with Gasteiger partial charge in [-0.05, 0) is 49.4 Å². The van der Waals surface area contributed by atoms with Crippen LogP contribution in [0.3, 0.4) is 0 Å². The fourth-order valence-corrected chi connectivity index (χ4v) is 2.06. The Morgan fingerprint density at radius 1 is 1.20 bits per heavy atom. The van der Waals surface area contributed by atoms with Crippen molar-refractivity contribution in [3.63, 3.8) is 0 Å². The lowest BCUT2D eigenvalue weighted by Crippen LogP contribution is -2.13. The second-order valence-electron chi connectivity index (χ2n) is 4.60. The lowest BCUT2D eigenvalue weighted by Gasteiger charge is -2.24. The Hall–Kier alpha value is -2.38. The largest absolute Gasteiger partial charge is 0.389 e. The number of hydrogen-bond acceptors (Lipinski definition) is 3. The number of nitriles is 1. The van der Waals surface area contributed by atoms with E-state index in [1.165, 1.54) is 12.1 Å². The summed E-state index contributed by atoms with van der Waals surface area (Å²) in [5.74, 6) is -0.377. The lowest BCUT2D eigenvalue weighted by molar-refractivity contribution is 0.199. The minimum absolute atomic E-state index is 0.377. The molecule has 0 fully saturated rings. The van der Waals surface area contributed by atoms with Crippen LogP contribution < -0.4 is 4.90 Å². The molecule has 0 aliphatic rings. The topological polar surface area (TPSA) is 47.3 Å². The Kier molecular flexibility index (Phi) is 4.02. The highest BCUT2D eigenvalue weighted by atomic mass is 19.1. The molecule has 0 saturated carbocycles. The summed E-state index contributed by atoms with van der Waals surface area (Å²) < 4.78 is 13.3. The summed E-state index contributed by atoms with van der Waals surface area (Å²) in [5.41, 5.74) is 2.69. The zero-order valence-corrected chi connectivity index (χ0v) is 11.3. The number of benzene rings is 2. The van der Waals surface area contributed by atoms with Crippen LogP contribution in [-0.2, 0) is 0 Å². The van der Waals surface area contributed by atoms with Crippen molar-refractivity contribution in [2.75, 3.05) is 11.9 Å². The maximum absolute atomic E-state index is 13.3. The Labute approximate surface area is 117 Å². The Morgan fingerprint density at radius 3 is 2.40 bits per heavy atom. The summed E-state index contributed by atoms with van der Waals surface area (Å²) in [5, 5.41) is 18.6. The molecular weight excluding hydrogens is 255 g/mol. The molecule has 1 N–H and O–H groups in total. The van der Waals surface area contributed by atoms with E-state index in [4.69, 9.17) is 5.26 Å². The van der Waals surface area contributed by atoms with Gasteiger partial charge in [0.15, 0.2) is 0 Å². The Morgan fingerprint density at radius 2 is 1.85 bits per heavy atom. The molecule has 0 unspecified atom stereocenters. The van der Waals surface area contributed by atoms with Crippen LogP contribution >= 0.6 is 0 Å². The van der Waals surface area contributed by atoms with Crippen molar-refractivity contribution in [2.45, 2.75) is 13.0 Å². The Bertz CT molecular complexity index is 645. The fraction of sp³-hybridized carbons (Fsp3) is 0.188. The zero-order valence-electron chi connectivity index (χ0n) is 11.3. The van der Waals surface area contributed by atoms with Crippen LogP contribution in [0.25, 0.3) is 0 Å². The number of aliphatic hydroxyl groups excluding tert-OH is 1. The van der Waals surface area contributed by atoms with Gasteiger partial charge in [0.25, 0.3) is 0 Å². The molecule has 2 aromatic rings. The average Bonchev–Trinajstić information content (AvgIpc) is 2.46. The monoisotopic (exact) mass is 270 g/mol. The van der Waals surface area contributed by atoms with E-state index in [1.54, 1.807) is 25.1 Å². The van der Waals surface area contributed by atoms with Gasteiger partial charge in [0.2, 0.25) is 0 Å². The molecule has 4 heteroatoms. The van der Waals surface area contributed by atoms with E-state index in [9.17, 15) is 9.50 Å². The third-order valence-electron chi connectivity index (χ3n) is 3.18. The van der Waals surface area contributed by atoms with Crippen molar-refractivity contribution in [1.82, 2.24) is 0 Å². The average molecular weight is 270 g/mol. The van der Waals surface area contributed by atoms with E-state index in [0.717, 1.165) is 11.4 Å². The number of nitrogens with zero attached hydrogens (tertiary/aromatic N) is 2. The van der Waals surface area contributed by atoms with E-state index in [2.05, 4.69) is 6.07 Å². The number of anilines is 2. The lowest BCUT2D eigenvalue weighted by atomic mass is 10.1. The second-order valence-corrected chi connectivity index (χ2v) is 4.60. The normalized spacial score (nSPS) is 11.8. The molecule has 2 aromatic carbocycles. The van der Waals surface area contributed by atoms with E-state index < -0.39 is 6.10 Å². The van der Waals surface area contributed by atoms with Crippen LogP contribution in [0.1, 0.15) is 24.2 Å². The molecule has 0 aliphatic carbocycles. The minimum Gasteiger partial charge on any atom is -0.389 e. The van der Waals surface area contributed by atoms with Crippen molar-refractivity contribution in [1.29, 1.82) is 5.26 Å². The molecule has 0 saturated heterocycles. The standard InChI is InChI=1S/C16H15FN2O/c1-11(20)15-9-13(17)5-8-16(15)19(2)14-6-3-12(10-18)4-7-14/h3-9,11,20H,1-2H3/t11-/m0/s1. The quantitative estimate of drug-likeness (QED) is 0.928. The first-order valence-electron chi connectivity index (χ1n) is 6.24. The number of rotatable bonds is 3. The first-order chi connectivity index (χ1) is 9.52. The molecule has 0 radical (unpaired) electrons. The van der Waals surface area contributed by atoms with Gasteiger partial charge < -0.3 is 10.0 Å². The van der Waals surface area contributed by atoms with Crippen molar-refractivity contribution in [3.05, 3.63) is 59.4 Å². The van der Waals surface area contributed by atoms with Gasteiger partial charge in [0, 0.05) is 24.0 Å². The summed E-state index contributed by atoms with van der Waals surface area (Å²) >= 11 is 0. The van der Waals surface area contributed by atoms with Gasteiger partial charge in [-0.3, -0.25) is 0 Å². The number of halogens is 1. The van der Waals surface area contributed by atoms with Gasteiger partial charge in [-0.25, -0.2) is 4.39 Å². The van der Waals surface area contributed by atoms with Crippen LogP contribution in [0.15, 0.2) is 42.5 Å². The molecule has 20 heavy (non-hydrogen) atoms. The van der Waals surface area contributed by atoms with Crippen LogP contribution in [0, 0.1) is 17.1 Å². The fourth-order valence-electron chi connectivity index (χ4n) is 2.06. The highest BCUT2D eigenvalue weighted by Crippen LogP contribution is 2.31. The van der Waals surface area contributed by atoms with Crippen LogP contribution in [-0.4, -0.2) is 12.2 Å². The third-order valence-corrected chi connectivity index (χ3v) is 3.18. The first-order valence-corrected chi connectivity index (χ1v) is 6.24. The SMILES string of the molecule is C[C@H](O)c1cc(F)ccc1N(C)c1ccc(C#N)cc1. The number of aliphatic hydroxyl groups is 1. The van der Waals surface area contributed by atoms with Gasteiger partial charge in [-0.15, -0.1) is 0 Å². The van der Waals surface area contributed by atoms with Gasteiger partial charge >= 0.3 is 0 Å². The molecule has 3 nitrogen and oxygen atoms in total. The van der Waals surface area contributed by atoms with Crippen molar-refractivity contribution in [2.24, 2.45) is 0 Å². The summed E-state index contributed by atoms with van der Waals surface area (Å²) in [6.45, 7) is 1.60. The highest BCUT2D eigenvalue weighted by Gasteiger charge is 2.14. The first kappa shape index (κ1) is 14.0. The molecule has 2 rings (SSSR count). The maximum atomic E-state index is 13.3. The maximum Gasteiger partial charge on any atom is 0.123 e. The van der Waals surface area contributed by atoms with Gasteiger partial charge in [-0.1, -0.05) is 0 Å². The molecule has 0 aromatic heterocycles.